The minimum atomic E-state index is -4.53. The van der Waals surface area contributed by atoms with Gasteiger partial charge in [0.25, 0.3) is 0 Å². The topological polar surface area (TPSA) is 34.1 Å². The molecule has 0 aromatic rings. The molecule has 0 N–H and O–H groups in total. The summed E-state index contributed by atoms with van der Waals surface area (Å²) in [5.74, 6) is 0.471. The van der Waals surface area contributed by atoms with E-state index in [1.165, 1.54) is 0 Å². The Morgan fingerprint density at radius 1 is 0.630 bits per heavy atom. The van der Waals surface area contributed by atoms with E-state index in [4.69, 9.17) is 23.2 Å². The van der Waals surface area contributed by atoms with Gasteiger partial charge in [0.1, 0.15) is 0 Å². The van der Waals surface area contributed by atoms with Crippen molar-refractivity contribution in [1.29, 1.82) is 0 Å². The molecule has 164 valence electrons. The Balaban J connectivity index is 5.35. The number of alkyl halides is 8. The zero-order chi connectivity index (χ0) is 21.1. The molecule has 0 aromatic heterocycles. The molecule has 0 saturated carbocycles. The number of rotatable bonds is 14. The molecule has 0 spiro atoms. The first-order valence-corrected chi connectivity index (χ1v) is 11.5. The smallest absolute Gasteiger partial charge is 0.228 e. The lowest BCUT2D eigenvalue weighted by molar-refractivity contribution is -0.136. The summed E-state index contributed by atoms with van der Waals surface area (Å²) in [6.45, 7) is 0. The maximum absolute atomic E-state index is 12.9. The fourth-order valence-electron chi connectivity index (χ4n) is 2.80. The van der Waals surface area contributed by atoms with Crippen LogP contribution in [0.3, 0.4) is 0 Å². The second-order valence-corrected chi connectivity index (χ2v) is 9.78. The van der Waals surface area contributed by atoms with Crippen molar-refractivity contribution in [3.05, 3.63) is 0 Å². The van der Waals surface area contributed by atoms with E-state index in [0.29, 0.717) is 25.7 Å². The van der Waals surface area contributed by atoms with Gasteiger partial charge in [-0.15, -0.1) is 23.2 Å². The van der Waals surface area contributed by atoms with Gasteiger partial charge in [-0.05, 0) is 38.5 Å². The maximum Gasteiger partial charge on any atom is 0.389 e. The van der Waals surface area contributed by atoms with Crippen molar-refractivity contribution in [2.75, 3.05) is 11.8 Å². The summed E-state index contributed by atoms with van der Waals surface area (Å²) in [6, 6.07) is 0. The minimum Gasteiger partial charge on any atom is -0.228 e. The van der Waals surface area contributed by atoms with Gasteiger partial charge in [0.15, 0.2) is 9.84 Å². The van der Waals surface area contributed by atoms with Crippen molar-refractivity contribution in [2.24, 2.45) is 0 Å². The molecule has 0 aliphatic heterocycles. The van der Waals surface area contributed by atoms with Gasteiger partial charge in [-0.3, -0.25) is 0 Å². The molecule has 0 amide bonds. The van der Waals surface area contributed by atoms with Crippen LogP contribution in [0, 0.1) is 0 Å². The van der Waals surface area contributed by atoms with Crippen molar-refractivity contribution in [1.82, 2.24) is 0 Å². The lowest BCUT2D eigenvalue weighted by atomic mass is 10.1. The van der Waals surface area contributed by atoms with Gasteiger partial charge in [0, 0.05) is 24.6 Å². The van der Waals surface area contributed by atoms with Crippen molar-refractivity contribution in [3.63, 3.8) is 0 Å². The Morgan fingerprint density at radius 3 is 1.22 bits per heavy atom. The van der Waals surface area contributed by atoms with Gasteiger partial charge in [0.2, 0.25) is 0 Å². The highest BCUT2D eigenvalue weighted by atomic mass is 35.5. The van der Waals surface area contributed by atoms with Crippen LogP contribution in [-0.2, 0) is 9.84 Å². The molecule has 0 fully saturated rings. The first kappa shape index (κ1) is 27.1. The average Bonchev–Trinajstić information content (AvgIpc) is 2.51. The standard InChI is InChI=1S/C16H26Cl2F6O2S/c17-11-3-1-5-13(7-9-15(19,20)21)27(25,26)14(6-2-4-12-18)8-10-16(22,23)24/h13-14H,1-12H2. The van der Waals surface area contributed by atoms with Crippen LogP contribution >= 0.6 is 23.2 Å². The van der Waals surface area contributed by atoms with Crippen molar-refractivity contribution >= 4 is 33.0 Å². The van der Waals surface area contributed by atoms with Crippen molar-refractivity contribution in [2.45, 2.75) is 87.1 Å². The molecule has 0 saturated heterocycles. The lowest BCUT2D eigenvalue weighted by Gasteiger charge is -2.25. The normalized spacial score (nSPS) is 15.7. The molecule has 2 atom stereocenters. The van der Waals surface area contributed by atoms with Gasteiger partial charge in [-0.1, -0.05) is 12.8 Å². The van der Waals surface area contributed by atoms with Crippen LogP contribution in [0.4, 0.5) is 26.3 Å². The molecular formula is C16H26Cl2F6O2S. The first-order chi connectivity index (χ1) is 12.3. The predicted molar refractivity (Wildman–Crippen MR) is 96.2 cm³/mol. The third-order valence-corrected chi connectivity index (χ3v) is 7.58. The number of halogens is 8. The average molecular weight is 467 g/mol. The largest absolute Gasteiger partial charge is 0.389 e. The Bertz CT molecular complexity index is 456. The molecule has 0 bridgehead atoms. The molecule has 0 aromatic carbocycles. The Kier molecular flexibility index (Phi) is 12.7. The van der Waals surface area contributed by atoms with E-state index in [-0.39, 0.29) is 24.6 Å². The third kappa shape index (κ3) is 13.0. The highest BCUT2D eigenvalue weighted by Gasteiger charge is 2.38. The summed E-state index contributed by atoms with van der Waals surface area (Å²) in [4.78, 5) is 0. The fraction of sp³-hybridized carbons (Fsp3) is 1.00. The van der Waals surface area contributed by atoms with Gasteiger partial charge < -0.3 is 0 Å². The zero-order valence-corrected chi connectivity index (χ0v) is 17.2. The molecular weight excluding hydrogens is 441 g/mol. The highest BCUT2D eigenvalue weighted by molar-refractivity contribution is 7.92. The molecule has 0 rings (SSSR count). The monoisotopic (exact) mass is 466 g/mol. The van der Waals surface area contributed by atoms with E-state index in [2.05, 4.69) is 0 Å². The van der Waals surface area contributed by atoms with Gasteiger partial charge >= 0.3 is 12.4 Å². The van der Waals surface area contributed by atoms with Crippen molar-refractivity contribution in [3.8, 4) is 0 Å². The third-order valence-electron chi connectivity index (χ3n) is 4.25. The number of hydrogen-bond acceptors (Lipinski definition) is 2. The first-order valence-electron chi connectivity index (χ1n) is 8.81. The van der Waals surface area contributed by atoms with E-state index in [1.807, 2.05) is 0 Å². The van der Waals surface area contributed by atoms with E-state index in [0.717, 1.165) is 0 Å². The van der Waals surface area contributed by atoms with Crippen LogP contribution in [0.15, 0.2) is 0 Å². The molecule has 2 nitrogen and oxygen atoms in total. The number of sulfone groups is 1. The Labute approximate surface area is 166 Å². The summed E-state index contributed by atoms with van der Waals surface area (Å²) < 4.78 is 101. The Morgan fingerprint density at radius 2 is 0.963 bits per heavy atom. The second kappa shape index (κ2) is 12.6. The summed E-state index contributed by atoms with van der Waals surface area (Å²) in [5, 5.41) is -2.65. The number of unbranched alkanes of at least 4 members (excludes halogenated alkanes) is 2. The molecule has 27 heavy (non-hydrogen) atoms. The zero-order valence-electron chi connectivity index (χ0n) is 14.9. The van der Waals surface area contributed by atoms with Crippen LogP contribution in [0.5, 0.6) is 0 Å². The summed E-state index contributed by atoms with van der Waals surface area (Å²) in [5.41, 5.74) is 0. The van der Waals surface area contributed by atoms with Crippen LogP contribution in [0.2, 0.25) is 0 Å². The summed E-state index contributed by atoms with van der Waals surface area (Å²) in [6.07, 6.45) is -11.5. The van der Waals surface area contributed by atoms with E-state index in [1.54, 1.807) is 0 Å². The molecule has 2 unspecified atom stereocenters. The molecule has 0 aliphatic carbocycles. The SMILES string of the molecule is O=S(=O)(C(CCCCCl)CCC(F)(F)F)C(CCCCCl)CCC(F)(F)F. The summed E-state index contributed by atoms with van der Waals surface area (Å²) in [7, 11) is -4.16. The van der Waals surface area contributed by atoms with Crippen LogP contribution in [-0.4, -0.2) is 43.0 Å². The second-order valence-electron chi connectivity index (χ2n) is 6.51. The molecule has 0 aliphatic rings. The van der Waals surface area contributed by atoms with Crippen LogP contribution in [0.25, 0.3) is 0 Å². The number of hydrogen-bond donors (Lipinski definition) is 0. The fourth-order valence-corrected chi connectivity index (χ4v) is 5.61. The quantitative estimate of drug-likeness (QED) is 0.163. The lowest BCUT2D eigenvalue weighted by Crippen LogP contribution is -2.34. The van der Waals surface area contributed by atoms with Crippen LogP contribution < -0.4 is 0 Å². The van der Waals surface area contributed by atoms with Crippen LogP contribution in [0.1, 0.15) is 64.2 Å². The van der Waals surface area contributed by atoms with E-state index in [9.17, 15) is 34.8 Å². The minimum absolute atomic E-state index is 0.0385. The Hall–Kier alpha value is 0.110. The molecule has 0 heterocycles. The highest BCUT2D eigenvalue weighted by Crippen LogP contribution is 2.32. The molecule has 0 radical (unpaired) electrons. The van der Waals surface area contributed by atoms with E-state index < -0.39 is 58.4 Å². The van der Waals surface area contributed by atoms with E-state index >= 15 is 0 Å². The molecule has 11 heteroatoms. The van der Waals surface area contributed by atoms with Gasteiger partial charge in [-0.2, -0.15) is 26.3 Å². The summed E-state index contributed by atoms with van der Waals surface area (Å²) >= 11 is 11.1. The predicted octanol–water partition coefficient (Wildman–Crippen LogP) is 6.64. The van der Waals surface area contributed by atoms with Gasteiger partial charge in [0.05, 0.1) is 10.5 Å². The van der Waals surface area contributed by atoms with Gasteiger partial charge in [-0.25, -0.2) is 8.42 Å². The maximum atomic E-state index is 12.9. The van der Waals surface area contributed by atoms with Crippen molar-refractivity contribution < 1.29 is 34.8 Å².